The van der Waals surface area contributed by atoms with Gasteiger partial charge in [0.2, 0.25) is 0 Å². The Kier molecular flexibility index (Phi) is 3.99. The number of H-pyrrole nitrogens is 1. The molecule has 4 nitrogen and oxygen atoms in total. The number of hydrogen-bond acceptors (Lipinski definition) is 3. The van der Waals surface area contributed by atoms with E-state index < -0.39 is 0 Å². The second-order valence-corrected chi connectivity index (χ2v) is 4.28. The molecule has 4 heteroatoms. The van der Waals surface area contributed by atoms with E-state index in [1.165, 1.54) is 0 Å². The van der Waals surface area contributed by atoms with Crippen LogP contribution in [0.4, 0.5) is 0 Å². The molecule has 0 aliphatic rings. The zero-order valence-electron chi connectivity index (χ0n) is 11.1. The average molecular weight is 245 g/mol. The Morgan fingerprint density at radius 3 is 2.89 bits per heavy atom. The van der Waals surface area contributed by atoms with Crippen molar-refractivity contribution in [3.8, 4) is 17.0 Å². The molecule has 1 aromatic heterocycles. The molecule has 0 spiro atoms. The number of aromatic amines is 1. The van der Waals surface area contributed by atoms with Crippen LogP contribution in [-0.2, 0) is 6.42 Å². The van der Waals surface area contributed by atoms with Crippen molar-refractivity contribution >= 4 is 0 Å². The van der Waals surface area contributed by atoms with Gasteiger partial charge in [0.25, 0.3) is 0 Å². The third-order valence-corrected chi connectivity index (χ3v) is 2.95. The topological polar surface area (TPSA) is 49.9 Å². The van der Waals surface area contributed by atoms with Crippen molar-refractivity contribution < 1.29 is 4.74 Å². The summed E-state index contributed by atoms with van der Waals surface area (Å²) >= 11 is 0. The highest BCUT2D eigenvalue weighted by Gasteiger charge is 2.05. The minimum absolute atomic E-state index is 0.908. The third-order valence-electron chi connectivity index (χ3n) is 2.95. The van der Waals surface area contributed by atoms with E-state index in [9.17, 15) is 0 Å². The molecule has 1 heterocycles. The van der Waals surface area contributed by atoms with Gasteiger partial charge in [0.05, 0.1) is 19.0 Å². The minimum atomic E-state index is 0.908. The van der Waals surface area contributed by atoms with Crippen molar-refractivity contribution in [3.63, 3.8) is 0 Å². The Hall–Kier alpha value is -1.81. The predicted molar refractivity (Wildman–Crippen MR) is 72.9 cm³/mol. The fraction of sp³-hybridized carbons (Fsp3) is 0.357. The molecule has 0 fully saturated rings. The summed E-state index contributed by atoms with van der Waals surface area (Å²) in [4.78, 5) is 7.71. The fourth-order valence-electron chi connectivity index (χ4n) is 1.93. The number of aromatic nitrogens is 2. The Labute approximate surface area is 107 Å². The summed E-state index contributed by atoms with van der Waals surface area (Å²) in [6.07, 6.45) is 2.79. The number of aryl methyl sites for hydroxylation is 1. The van der Waals surface area contributed by atoms with Gasteiger partial charge in [-0.3, -0.25) is 0 Å². The van der Waals surface area contributed by atoms with Gasteiger partial charge in [-0.15, -0.1) is 0 Å². The summed E-state index contributed by atoms with van der Waals surface area (Å²) in [6.45, 7) is 2.97. The van der Waals surface area contributed by atoms with Gasteiger partial charge in [0.15, 0.2) is 0 Å². The molecule has 96 valence electrons. The van der Waals surface area contributed by atoms with Crippen LogP contribution in [0.1, 0.15) is 11.4 Å². The second kappa shape index (κ2) is 5.69. The zero-order chi connectivity index (χ0) is 13.0. The molecular formula is C14H19N3O. The van der Waals surface area contributed by atoms with Crippen molar-refractivity contribution in [3.05, 3.63) is 35.8 Å². The number of likely N-dealkylation sites (N-methyl/N-ethyl adjacent to an activating group) is 1. The van der Waals surface area contributed by atoms with Crippen LogP contribution < -0.4 is 10.1 Å². The molecule has 0 unspecified atom stereocenters. The van der Waals surface area contributed by atoms with Gasteiger partial charge in [-0.25, -0.2) is 4.98 Å². The first-order chi connectivity index (χ1) is 8.74. The van der Waals surface area contributed by atoms with E-state index in [-0.39, 0.29) is 0 Å². The summed E-state index contributed by atoms with van der Waals surface area (Å²) in [5.41, 5.74) is 3.31. The molecule has 1 aromatic carbocycles. The number of imidazole rings is 1. The van der Waals surface area contributed by atoms with Gasteiger partial charge < -0.3 is 15.0 Å². The maximum atomic E-state index is 5.26. The van der Waals surface area contributed by atoms with Crippen molar-refractivity contribution in [2.45, 2.75) is 13.3 Å². The number of ether oxygens (including phenoxy) is 1. The van der Waals surface area contributed by atoms with Crippen LogP contribution in [0.2, 0.25) is 0 Å². The highest BCUT2D eigenvalue weighted by atomic mass is 16.5. The highest BCUT2D eigenvalue weighted by Crippen LogP contribution is 2.24. The van der Waals surface area contributed by atoms with E-state index in [1.54, 1.807) is 7.11 Å². The third kappa shape index (κ3) is 2.71. The van der Waals surface area contributed by atoms with E-state index in [2.05, 4.69) is 21.4 Å². The lowest BCUT2D eigenvalue weighted by molar-refractivity contribution is 0.412. The van der Waals surface area contributed by atoms with E-state index in [1.807, 2.05) is 32.3 Å². The van der Waals surface area contributed by atoms with Crippen LogP contribution in [-0.4, -0.2) is 30.7 Å². The lowest BCUT2D eigenvalue weighted by atomic mass is 10.1. The maximum Gasteiger partial charge on any atom is 0.121 e. The van der Waals surface area contributed by atoms with Crippen LogP contribution in [0, 0.1) is 6.92 Å². The van der Waals surface area contributed by atoms with Gasteiger partial charge in [-0.2, -0.15) is 0 Å². The number of hydrogen-bond donors (Lipinski definition) is 2. The number of nitrogens with one attached hydrogen (secondary N) is 2. The zero-order valence-corrected chi connectivity index (χ0v) is 11.1. The first kappa shape index (κ1) is 12.6. The molecule has 0 radical (unpaired) electrons. The second-order valence-electron chi connectivity index (χ2n) is 4.28. The standard InChI is InChI=1S/C14H19N3O/c1-10-8-11(4-5-13(10)18-3)12-9-16-14(17-12)6-7-15-2/h4-5,8-9,15H,6-7H2,1-3H3,(H,16,17). The average Bonchev–Trinajstić information content (AvgIpc) is 2.85. The SMILES string of the molecule is CNCCc1ncc(-c2ccc(OC)c(C)c2)[nH]1. The van der Waals surface area contributed by atoms with Gasteiger partial charge in [-0.1, -0.05) is 0 Å². The quantitative estimate of drug-likeness (QED) is 0.848. The van der Waals surface area contributed by atoms with Crippen molar-refractivity contribution in [2.24, 2.45) is 0 Å². The van der Waals surface area contributed by atoms with Gasteiger partial charge in [-0.05, 0) is 37.7 Å². The smallest absolute Gasteiger partial charge is 0.121 e. The number of rotatable bonds is 5. The van der Waals surface area contributed by atoms with E-state index in [4.69, 9.17) is 4.74 Å². The van der Waals surface area contributed by atoms with E-state index in [0.29, 0.717) is 0 Å². The minimum Gasteiger partial charge on any atom is -0.496 e. The van der Waals surface area contributed by atoms with Crippen molar-refractivity contribution in [1.82, 2.24) is 15.3 Å². The number of nitrogens with zero attached hydrogens (tertiary/aromatic N) is 1. The van der Waals surface area contributed by atoms with Gasteiger partial charge in [0, 0.05) is 18.5 Å². The molecule has 0 atom stereocenters. The molecule has 0 aliphatic carbocycles. The lowest BCUT2D eigenvalue weighted by Gasteiger charge is -2.06. The molecule has 0 amide bonds. The van der Waals surface area contributed by atoms with Gasteiger partial charge >= 0.3 is 0 Å². The molecule has 18 heavy (non-hydrogen) atoms. The molecule has 0 bridgehead atoms. The first-order valence-electron chi connectivity index (χ1n) is 6.08. The normalized spacial score (nSPS) is 10.6. The summed E-state index contributed by atoms with van der Waals surface area (Å²) in [6, 6.07) is 6.13. The Bertz CT molecular complexity index is 520. The van der Waals surface area contributed by atoms with E-state index in [0.717, 1.165) is 41.4 Å². The van der Waals surface area contributed by atoms with Crippen molar-refractivity contribution in [2.75, 3.05) is 20.7 Å². The highest BCUT2D eigenvalue weighted by molar-refractivity contribution is 5.61. The summed E-state index contributed by atoms with van der Waals surface area (Å²) in [5, 5.41) is 3.11. The summed E-state index contributed by atoms with van der Waals surface area (Å²) < 4.78 is 5.26. The molecular weight excluding hydrogens is 226 g/mol. The van der Waals surface area contributed by atoms with Crippen LogP contribution >= 0.6 is 0 Å². The molecule has 2 aromatic rings. The Morgan fingerprint density at radius 1 is 1.39 bits per heavy atom. The molecule has 2 rings (SSSR count). The van der Waals surface area contributed by atoms with E-state index >= 15 is 0 Å². The predicted octanol–water partition coefficient (Wildman–Crippen LogP) is 2.16. The molecule has 0 aliphatic heterocycles. The lowest BCUT2D eigenvalue weighted by Crippen LogP contribution is -2.10. The summed E-state index contributed by atoms with van der Waals surface area (Å²) in [7, 11) is 3.63. The monoisotopic (exact) mass is 245 g/mol. The van der Waals surface area contributed by atoms with Crippen LogP contribution in [0.25, 0.3) is 11.3 Å². The number of methoxy groups -OCH3 is 1. The first-order valence-corrected chi connectivity index (χ1v) is 6.08. The van der Waals surface area contributed by atoms with Crippen LogP contribution in [0.3, 0.4) is 0 Å². The van der Waals surface area contributed by atoms with Crippen LogP contribution in [0.5, 0.6) is 5.75 Å². The van der Waals surface area contributed by atoms with Crippen LogP contribution in [0.15, 0.2) is 24.4 Å². The fourth-order valence-corrected chi connectivity index (χ4v) is 1.93. The molecule has 2 N–H and O–H groups in total. The molecule has 0 saturated heterocycles. The Morgan fingerprint density at radius 2 is 2.22 bits per heavy atom. The largest absolute Gasteiger partial charge is 0.496 e. The number of benzene rings is 1. The Balaban J connectivity index is 2.20. The van der Waals surface area contributed by atoms with Gasteiger partial charge in [0.1, 0.15) is 11.6 Å². The molecule has 0 saturated carbocycles. The summed E-state index contributed by atoms with van der Waals surface area (Å²) in [5.74, 6) is 1.92. The maximum absolute atomic E-state index is 5.26. The van der Waals surface area contributed by atoms with Crippen molar-refractivity contribution in [1.29, 1.82) is 0 Å².